The highest BCUT2D eigenvalue weighted by Gasteiger charge is 2.17. The van der Waals surface area contributed by atoms with Crippen LogP contribution in [-0.4, -0.2) is 23.8 Å². The predicted molar refractivity (Wildman–Crippen MR) is 84.0 cm³/mol. The van der Waals surface area contributed by atoms with Gasteiger partial charge in [0.2, 0.25) is 0 Å². The molecular formula is C15H18N2O3S. The summed E-state index contributed by atoms with van der Waals surface area (Å²) in [7, 11) is 1.63. The molecule has 0 atom stereocenters. The number of anilines is 1. The van der Waals surface area contributed by atoms with Crippen LogP contribution in [0.15, 0.2) is 29.6 Å². The van der Waals surface area contributed by atoms with Gasteiger partial charge in [0.15, 0.2) is 5.13 Å². The second-order valence-electron chi connectivity index (χ2n) is 5.39. The zero-order valence-corrected chi connectivity index (χ0v) is 13.3. The fourth-order valence-electron chi connectivity index (χ4n) is 1.62. The van der Waals surface area contributed by atoms with Gasteiger partial charge in [-0.2, -0.15) is 0 Å². The lowest BCUT2D eigenvalue weighted by molar-refractivity contribution is 0.0636. The van der Waals surface area contributed by atoms with Crippen LogP contribution < -0.4 is 10.1 Å². The topological polar surface area (TPSA) is 60.5 Å². The molecule has 0 radical (unpaired) electrons. The van der Waals surface area contributed by atoms with Crippen molar-refractivity contribution in [3.63, 3.8) is 0 Å². The number of carbonyl (C=O) groups excluding carboxylic acids is 1. The molecule has 0 aliphatic rings. The maximum Gasteiger partial charge on any atom is 0.413 e. The molecule has 1 aromatic carbocycles. The summed E-state index contributed by atoms with van der Waals surface area (Å²) in [5.74, 6) is 0.793. The van der Waals surface area contributed by atoms with Gasteiger partial charge in [-0.15, -0.1) is 11.3 Å². The third-order valence-electron chi connectivity index (χ3n) is 2.50. The number of thiazole rings is 1. The lowest BCUT2D eigenvalue weighted by atomic mass is 10.2. The minimum absolute atomic E-state index is 0.502. The van der Waals surface area contributed by atoms with Crippen molar-refractivity contribution >= 4 is 22.6 Å². The summed E-state index contributed by atoms with van der Waals surface area (Å²) in [4.78, 5) is 16.0. The molecule has 21 heavy (non-hydrogen) atoms. The molecule has 0 unspecified atom stereocenters. The molecule has 1 aromatic heterocycles. The smallest absolute Gasteiger partial charge is 0.413 e. The summed E-state index contributed by atoms with van der Waals surface area (Å²) in [6.07, 6.45) is -0.502. The van der Waals surface area contributed by atoms with Gasteiger partial charge in [0.1, 0.15) is 11.4 Å². The highest BCUT2D eigenvalue weighted by atomic mass is 32.1. The summed E-state index contributed by atoms with van der Waals surface area (Å²) in [6, 6.07) is 7.58. The van der Waals surface area contributed by atoms with E-state index in [1.165, 1.54) is 11.3 Å². The molecule has 0 fully saturated rings. The molecular weight excluding hydrogens is 288 g/mol. The van der Waals surface area contributed by atoms with Gasteiger partial charge < -0.3 is 9.47 Å². The molecule has 2 aromatic rings. The zero-order valence-electron chi connectivity index (χ0n) is 12.5. The molecule has 5 nitrogen and oxygen atoms in total. The van der Waals surface area contributed by atoms with Crippen molar-refractivity contribution in [2.75, 3.05) is 12.4 Å². The van der Waals surface area contributed by atoms with Gasteiger partial charge in [0.05, 0.1) is 12.8 Å². The number of benzene rings is 1. The molecule has 1 heterocycles. The van der Waals surface area contributed by atoms with Gasteiger partial charge >= 0.3 is 6.09 Å². The lowest BCUT2D eigenvalue weighted by Crippen LogP contribution is -2.27. The Kier molecular flexibility index (Phi) is 4.47. The summed E-state index contributed by atoms with van der Waals surface area (Å²) < 4.78 is 10.3. The zero-order chi connectivity index (χ0) is 15.5. The fourth-order valence-corrected chi connectivity index (χ4v) is 2.32. The predicted octanol–water partition coefficient (Wildman–Crippen LogP) is 4.17. The second kappa shape index (κ2) is 6.13. The number of methoxy groups -OCH3 is 1. The average molecular weight is 306 g/mol. The van der Waals surface area contributed by atoms with Gasteiger partial charge in [-0.1, -0.05) is 0 Å². The highest BCUT2D eigenvalue weighted by molar-refractivity contribution is 7.14. The third kappa shape index (κ3) is 4.46. The Balaban J connectivity index is 2.05. The van der Waals surface area contributed by atoms with Crippen molar-refractivity contribution in [2.45, 2.75) is 26.4 Å². The maximum absolute atomic E-state index is 11.7. The third-order valence-corrected chi connectivity index (χ3v) is 3.26. The SMILES string of the molecule is COc1ccc(-c2csc(NC(=O)OC(C)(C)C)n2)cc1. The molecule has 6 heteroatoms. The van der Waals surface area contributed by atoms with Crippen LogP contribution >= 0.6 is 11.3 Å². The normalized spacial score (nSPS) is 11.0. The van der Waals surface area contributed by atoms with Gasteiger partial charge in [-0.05, 0) is 45.0 Å². The monoisotopic (exact) mass is 306 g/mol. The number of aromatic nitrogens is 1. The molecule has 0 bridgehead atoms. The van der Waals surface area contributed by atoms with Crippen LogP contribution in [-0.2, 0) is 4.74 Å². The van der Waals surface area contributed by atoms with E-state index in [2.05, 4.69) is 10.3 Å². The van der Waals surface area contributed by atoms with Crippen molar-refractivity contribution in [3.8, 4) is 17.0 Å². The first-order valence-electron chi connectivity index (χ1n) is 6.47. The molecule has 0 aliphatic carbocycles. The van der Waals surface area contributed by atoms with Crippen molar-refractivity contribution in [1.29, 1.82) is 0 Å². The van der Waals surface area contributed by atoms with Crippen molar-refractivity contribution in [1.82, 2.24) is 4.98 Å². The summed E-state index contributed by atoms with van der Waals surface area (Å²) in [6.45, 7) is 5.45. The van der Waals surface area contributed by atoms with E-state index in [9.17, 15) is 4.79 Å². The Labute approximate surface area is 127 Å². The van der Waals surface area contributed by atoms with Crippen LogP contribution in [0.1, 0.15) is 20.8 Å². The number of carbonyl (C=O) groups is 1. The van der Waals surface area contributed by atoms with E-state index in [1.807, 2.05) is 50.4 Å². The Bertz CT molecular complexity index is 615. The summed E-state index contributed by atoms with van der Waals surface area (Å²) in [5, 5.41) is 5.03. The molecule has 112 valence electrons. The average Bonchev–Trinajstić information content (AvgIpc) is 2.85. The Hall–Kier alpha value is -2.08. The Morgan fingerprint density at radius 3 is 2.48 bits per heavy atom. The standard InChI is InChI=1S/C15H18N2O3S/c1-15(2,3)20-14(18)17-13-16-12(9-21-13)10-5-7-11(19-4)8-6-10/h5-9H,1-4H3,(H,16,17,18). The number of nitrogens with one attached hydrogen (secondary N) is 1. The maximum atomic E-state index is 11.7. The number of hydrogen-bond donors (Lipinski definition) is 1. The Morgan fingerprint density at radius 1 is 1.24 bits per heavy atom. The van der Waals surface area contributed by atoms with Crippen LogP contribution in [0.2, 0.25) is 0 Å². The first-order valence-corrected chi connectivity index (χ1v) is 7.35. The first-order chi connectivity index (χ1) is 9.87. The molecule has 1 amide bonds. The summed E-state index contributed by atoms with van der Waals surface area (Å²) in [5.41, 5.74) is 1.23. The van der Waals surface area contributed by atoms with E-state index < -0.39 is 11.7 Å². The van der Waals surface area contributed by atoms with E-state index in [-0.39, 0.29) is 0 Å². The largest absolute Gasteiger partial charge is 0.497 e. The minimum Gasteiger partial charge on any atom is -0.497 e. The lowest BCUT2D eigenvalue weighted by Gasteiger charge is -2.18. The van der Waals surface area contributed by atoms with E-state index in [4.69, 9.17) is 9.47 Å². The Morgan fingerprint density at radius 2 is 1.90 bits per heavy atom. The van der Waals surface area contributed by atoms with Crippen LogP contribution in [0.5, 0.6) is 5.75 Å². The van der Waals surface area contributed by atoms with Crippen molar-refractivity contribution < 1.29 is 14.3 Å². The molecule has 0 spiro atoms. The number of rotatable bonds is 3. The molecule has 2 rings (SSSR count). The van der Waals surface area contributed by atoms with Crippen LogP contribution in [0, 0.1) is 0 Å². The highest BCUT2D eigenvalue weighted by Crippen LogP contribution is 2.26. The van der Waals surface area contributed by atoms with Gasteiger partial charge in [-0.25, -0.2) is 9.78 Å². The number of nitrogens with zero attached hydrogens (tertiary/aromatic N) is 1. The molecule has 0 saturated heterocycles. The van der Waals surface area contributed by atoms with Gasteiger partial charge in [-0.3, -0.25) is 5.32 Å². The van der Waals surface area contributed by atoms with Crippen LogP contribution in [0.3, 0.4) is 0 Å². The van der Waals surface area contributed by atoms with E-state index >= 15 is 0 Å². The van der Waals surface area contributed by atoms with Crippen LogP contribution in [0.4, 0.5) is 9.93 Å². The van der Waals surface area contributed by atoms with Gasteiger partial charge in [0.25, 0.3) is 0 Å². The molecule has 0 aliphatic heterocycles. The number of ether oxygens (including phenoxy) is 2. The second-order valence-corrected chi connectivity index (χ2v) is 6.25. The molecule has 0 saturated carbocycles. The minimum atomic E-state index is -0.528. The van der Waals surface area contributed by atoms with Gasteiger partial charge in [0, 0.05) is 10.9 Å². The number of hydrogen-bond acceptors (Lipinski definition) is 5. The van der Waals surface area contributed by atoms with E-state index in [0.29, 0.717) is 5.13 Å². The van der Waals surface area contributed by atoms with Crippen LogP contribution in [0.25, 0.3) is 11.3 Å². The van der Waals surface area contributed by atoms with Crippen molar-refractivity contribution in [3.05, 3.63) is 29.6 Å². The van der Waals surface area contributed by atoms with E-state index in [0.717, 1.165) is 17.0 Å². The fraction of sp³-hybridized carbons (Fsp3) is 0.333. The first kappa shape index (κ1) is 15.3. The van der Waals surface area contributed by atoms with E-state index in [1.54, 1.807) is 7.11 Å². The van der Waals surface area contributed by atoms with Crippen molar-refractivity contribution in [2.24, 2.45) is 0 Å². The summed E-state index contributed by atoms with van der Waals surface area (Å²) >= 11 is 1.35. The quantitative estimate of drug-likeness (QED) is 0.924. The molecule has 1 N–H and O–H groups in total. The number of amides is 1.